The van der Waals surface area contributed by atoms with E-state index in [2.05, 4.69) is 23.0 Å². The number of aromatic nitrogens is 2. The number of allylic oxidation sites excluding steroid dienone is 1. The number of benzene rings is 2. The molecule has 0 aliphatic heterocycles. The van der Waals surface area contributed by atoms with E-state index in [0.29, 0.717) is 23.8 Å². The third-order valence-corrected chi connectivity index (χ3v) is 5.27. The number of hydrogen-bond acceptors (Lipinski definition) is 4. The number of hydrogen-bond donors (Lipinski definition) is 1. The van der Waals surface area contributed by atoms with Gasteiger partial charge in [0.15, 0.2) is 11.5 Å². The van der Waals surface area contributed by atoms with Crippen molar-refractivity contribution in [3.8, 4) is 17.6 Å². The molecule has 2 aromatic carbocycles. The van der Waals surface area contributed by atoms with Crippen molar-refractivity contribution in [3.63, 3.8) is 0 Å². The third-order valence-electron chi connectivity index (χ3n) is 5.27. The van der Waals surface area contributed by atoms with E-state index in [1.165, 1.54) is 38.5 Å². The number of nitrogens with zero attached hydrogens (tertiary/aromatic N) is 2. The van der Waals surface area contributed by atoms with Crippen molar-refractivity contribution in [1.82, 2.24) is 9.97 Å². The van der Waals surface area contributed by atoms with Crippen LogP contribution in [0.25, 0.3) is 22.7 Å². The fourth-order valence-electron chi connectivity index (χ4n) is 3.54. The fourth-order valence-corrected chi connectivity index (χ4v) is 3.54. The lowest BCUT2D eigenvalue weighted by Crippen LogP contribution is -1.99. The van der Waals surface area contributed by atoms with Gasteiger partial charge in [-0.15, -0.1) is 0 Å². The van der Waals surface area contributed by atoms with E-state index in [1.54, 1.807) is 13.2 Å². The van der Waals surface area contributed by atoms with Crippen molar-refractivity contribution in [2.24, 2.45) is 0 Å². The second-order valence-electron chi connectivity index (χ2n) is 7.65. The van der Waals surface area contributed by atoms with E-state index < -0.39 is 0 Å². The molecule has 1 N–H and O–H groups in total. The van der Waals surface area contributed by atoms with Crippen LogP contribution in [0, 0.1) is 11.3 Å². The lowest BCUT2D eigenvalue weighted by atomic mass is 10.1. The standard InChI is InChI=1S/C26H31N3O2/c1-3-4-5-6-7-8-11-16-31-24-15-14-20(18-25(24)30-2)17-21(19-27)26-28-22-12-9-10-13-23(22)29-26/h9-10,12-15,17-18H,3-8,11,16H2,1-2H3,(H,28,29)/b21-17-. The van der Waals surface area contributed by atoms with Gasteiger partial charge in [-0.2, -0.15) is 5.26 Å². The maximum atomic E-state index is 9.65. The second-order valence-corrected chi connectivity index (χ2v) is 7.65. The van der Waals surface area contributed by atoms with Crippen LogP contribution in [-0.2, 0) is 0 Å². The maximum Gasteiger partial charge on any atom is 0.161 e. The lowest BCUT2D eigenvalue weighted by Gasteiger charge is -2.11. The molecular formula is C26H31N3O2. The first-order chi connectivity index (χ1) is 15.2. The molecule has 1 heterocycles. The minimum atomic E-state index is 0.468. The summed E-state index contributed by atoms with van der Waals surface area (Å²) in [5, 5.41) is 9.65. The largest absolute Gasteiger partial charge is 0.493 e. The number of imidazole rings is 1. The third kappa shape index (κ3) is 6.36. The van der Waals surface area contributed by atoms with E-state index in [1.807, 2.05) is 42.5 Å². The average molecular weight is 418 g/mol. The topological polar surface area (TPSA) is 70.9 Å². The summed E-state index contributed by atoms with van der Waals surface area (Å²) >= 11 is 0. The summed E-state index contributed by atoms with van der Waals surface area (Å²) in [5.74, 6) is 1.95. The summed E-state index contributed by atoms with van der Waals surface area (Å²) < 4.78 is 11.5. The van der Waals surface area contributed by atoms with Gasteiger partial charge < -0.3 is 14.5 Å². The Morgan fingerprint density at radius 2 is 1.81 bits per heavy atom. The minimum absolute atomic E-state index is 0.468. The molecular weight excluding hydrogens is 386 g/mol. The highest BCUT2D eigenvalue weighted by molar-refractivity contribution is 5.90. The smallest absolute Gasteiger partial charge is 0.161 e. The first-order valence-electron chi connectivity index (χ1n) is 11.1. The maximum absolute atomic E-state index is 9.65. The normalized spacial score (nSPS) is 11.5. The summed E-state index contributed by atoms with van der Waals surface area (Å²) in [6.07, 6.45) is 10.6. The number of fused-ring (bicyclic) bond motifs is 1. The molecule has 31 heavy (non-hydrogen) atoms. The Bertz CT molecular complexity index is 1010. The Morgan fingerprint density at radius 1 is 1.03 bits per heavy atom. The molecule has 0 unspecified atom stereocenters. The van der Waals surface area contributed by atoms with Gasteiger partial charge in [-0.1, -0.05) is 63.6 Å². The molecule has 0 spiro atoms. The Balaban J connectivity index is 1.62. The van der Waals surface area contributed by atoms with Gasteiger partial charge in [-0.25, -0.2) is 4.98 Å². The molecule has 5 heteroatoms. The van der Waals surface area contributed by atoms with E-state index in [0.717, 1.165) is 28.8 Å². The van der Waals surface area contributed by atoms with Crippen LogP contribution in [0.4, 0.5) is 0 Å². The molecule has 0 saturated carbocycles. The molecule has 3 rings (SSSR count). The SMILES string of the molecule is CCCCCCCCCOc1ccc(/C=C(/C#N)c2nc3ccccc3[nH]2)cc1OC. The second kappa shape index (κ2) is 11.8. The van der Waals surface area contributed by atoms with Gasteiger partial charge in [-0.05, 0) is 42.3 Å². The van der Waals surface area contributed by atoms with Gasteiger partial charge in [0.2, 0.25) is 0 Å². The van der Waals surface area contributed by atoms with E-state index >= 15 is 0 Å². The summed E-state index contributed by atoms with van der Waals surface area (Å²) in [5.41, 5.74) is 3.07. The molecule has 3 aromatic rings. The van der Waals surface area contributed by atoms with Crippen LogP contribution in [0.15, 0.2) is 42.5 Å². The first-order valence-corrected chi connectivity index (χ1v) is 11.1. The van der Waals surface area contributed by atoms with Crippen LogP contribution in [0.2, 0.25) is 0 Å². The predicted molar refractivity (Wildman–Crippen MR) is 126 cm³/mol. The number of aromatic amines is 1. The minimum Gasteiger partial charge on any atom is -0.493 e. The van der Waals surface area contributed by atoms with Crippen LogP contribution in [0.1, 0.15) is 63.3 Å². The van der Waals surface area contributed by atoms with Crippen LogP contribution in [-0.4, -0.2) is 23.7 Å². The number of methoxy groups -OCH3 is 1. The number of H-pyrrole nitrogens is 1. The molecule has 0 bridgehead atoms. The Kier molecular flexibility index (Phi) is 8.54. The molecule has 0 aliphatic carbocycles. The number of unbranched alkanes of at least 4 members (excludes halogenated alkanes) is 6. The van der Waals surface area contributed by atoms with Crippen LogP contribution in [0.3, 0.4) is 0 Å². The summed E-state index contributed by atoms with van der Waals surface area (Å²) in [6, 6.07) is 15.7. The number of nitrogens with one attached hydrogen (secondary N) is 1. The number of rotatable bonds is 12. The van der Waals surface area contributed by atoms with Crippen molar-refractivity contribution in [2.45, 2.75) is 51.9 Å². The average Bonchev–Trinajstić information content (AvgIpc) is 3.23. The molecule has 0 fully saturated rings. The summed E-state index contributed by atoms with van der Waals surface area (Å²) in [6.45, 7) is 2.92. The predicted octanol–water partition coefficient (Wildman–Crippen LogP) is 6.77. The van der Waals surface area contributed by atoms with Crippen molar-refractivity contribution in [1.29, 1.82) is 5.26 Å². The zero-order valence-corrected chi connectivity index (χ0v) is 18.5. The van der Waals surface area contributed by atoms with Gasteiger partial charge in [0.1, 0.15) is 11.9 Å². The van der Waals surface area contributed by atoms with E-state index in [9.17, 15) is 5.26 Å². The van der Waals surface area contributed by atoms with Crippen molar-refractivity contribution < 1.29 is 9.47 Å². The van der Waals surface area contributed by atoms with Gasteiger partial charge in [0.25, 0.3) is 0 Å². The van der Waals surface area contributed by atoms with Crippen molar-refractivity contribution >= 4 is 22.7 Å². The van der Waals surface area contributed by atoms with Gasteiger partial charge in [0.05, 0.1) is 30.3 Å². The Morgan fingerprint density at radius 3 is 2.55 bits per heavy atom. The molecule has 0 aliphatic rings. The van der Waals surface area contributed by atoms with Gasteiger partial charge >= 0.3 is 0 Å². The molecule has 0 amide bonds. The molecule has 0 saturated heterocycles. The zero-order chi connectivity index (χ0) is 21.9. The van der Waals surface area contributed by atoms with Gasteiger partial charge in [-0.3, -0.25) is 0 Å². The highest BCUT2D eigenvalue weighted by Gasteiger charge is 2.10. The molecule has 5 nitrogen and oxygen atoms in total. The quantitative estimate of drug-likeness (QED) is 0.261. The Labute approximate surface area is 184 Å². The highest BCUT2D eigenvalue weighted by atomic mass is 16.5. The van der Waals surface area contributed by atoms with Gasteiger partial charge in [0, 0.05) is 0 Å². The monoisotopic (exact) mass is 417 g/mol. The van der Waals surface area contributed by atoms with E-state index in [4.69, 9.17) is 9.47 Å². The Hall–Kier alpha value is -3.26. The summed E-state index contributed by atoms with van der Waals surface area (Å²) in [7, 11) is 1.63. The molecule has 162 valence electrons. The fraction of sp³-hybridized carbons (Fsp3) is 0.385. The first kappa shape index (κ1) is 22.4. The molecule has 1 aromatic heterocycles. The number of ether oxygens (including phenoxy) is 2. The van der Waals surface area contributed by atoms with Crippen molar-refractivity contribution in [3.05, 3.63) is 53.9 Å². The van der Waals surface area contributed by atoms with Crippen LogP contribution < -0.4 is 9.47 Å². The molecule has 0 radical (unpaired) electrons. The highest BCUT2D eigenvalue weighted by Crippen LogP contribution is 2.30. The van der Waals surface area contributed by atoms with Crippen LogP contribution in [0.5, 0.6) is 11.5 Å². The van der Waals surface area contributed by atoms with Crippen LogP contribution >= 0.6 is 0 Å². The summed E-state index contributed by atoms with van der Waals surface area (Å²) in [4.78, 5) is 7.72. The van der Waals surface area contributed by atoms with Crippen molar-refractivity contribution in [2.75, 3.05) is 13.7 Å². The number of para-hydroxylation sites is 2. The lowest BCUT2D eigenvalue weighted by molar-refractivity contribution is 0.284. The zero-order valence-electron chi connectivity index (χ0n) is 18.5. The number of nitriles is 1. The van der Waals surface area contributed by atoms with E-state index in [-0.39, 0.29) is 0 Å². The molecule has 0 atom stereocenters.